The smallest absolute Gasteiger partial charge is 0.409 e. The Morgan fingerprint density at radius 1 is 1.22 bits per heavy atom. The fourth-order valence-corrected chi connectivity index (χ4v) is 2.57. The molecule has 1 heterocycles. The van der Waals surface area contributed by atoms with Crippen LogP contribution < -0.4 is 0 Å². The van der Waals surface area contributed by atoms with E-state index in [-0.39, 0.29) is 6.09 Å². The van der Waals surface area contributed by atoms with E-state index in [0.29, 0.717) is 39.5 Å². The summed E-state index contributed by atoms with van der Waals surface area (Å²) in [6.45, 7) is 6.35. The van der Waals surface area contributed by atoms with Crippen LogP contribution in [0.2, 0.25) is 0 Å². The van der Waals surface area contributed by atoms with Crippen molar-refractivity contribution in [3.63, 3.8) is 0 Å². The number of ether oxygens (including phenoxy) is 2. The van der Waals surface area contributed by atoms with E-state index >= 15 is 0 Å². The van der Waals surface area contributed by atoms with Gasteiger partial charge in [-0.25, -0.2) is 4.79 Å². The molecule has 0 aliphatic carbocycles. The van der Waals surface area contributed by atoms with Gasteiger partial charge in [0.2, 0.25) is 0 Å². The van der Waals surface area contributed by atoms with Crippen molar-refractivity contribution in [1.82, 2.24) is 9.80 Å². The molecule has 0 radical (unpaired) electrons. The monoisotopic (exact) mass is 322 g/mol. The summed E-state index contributed by atoms with van der Waals surface area (Å²) >= 11 is 0. The van der Waals surface area contributed by atoms with Gasteiger partial charge >= 0.3 is 6.09 Å². The van der Waals surface area contributed by atoms with Crippen molar-refractivity contribution in [2.45, 2.75) is 19.6 Å². The molecule has 1 amide bonds. The van der Waals surface area contributed by atoms with Gasteiger partial charge in [-0.2, -0.15) is 0 Å². The number of β-amino-alcohol motifs (C(OH)–C–C–N with tert-alkyl or cyclic N) is 1. The summed E-state index contributed by atoms with van der Waals surface area (Å²) in [7, 11) is 0. The zero-order valence-corrected chi connectivity index (χ0v) is 13.7. The molecule has 1 atom stereocenters. The highest BCUT2D eigenvalue weighted by molar-refractivity contribution is 5.67. The molecule has 1 saturated heterocycles. The van der Waals surface area contributed by atoms with Crippen molar-refractivity contribution in [1.29, 1.82) is 0 Å². The topological polar surface area (TPSA) is 62.2 Å². The highest BCUT2D eigenvalue weighted by Crippen LogP contribution is 2.06. The first kappa shape index (κ1) is 17.7. The van der Waals surface area contributed by atoms with Crippen LogP contribution in [-0.4, -0.2) is 73.0 Å². The number of piperazine rings is 1. The van der Waals surface area contributed by atoms with Crippen LogP contribution in [0.1, 0.15) is 12.5 Å². The first-order chi connectivity index (χ1) is 11.2. The van der Waals surface area contributed by atoms with Gasteiger partial charge in [0.1, 0.15) is 0 Å². The Balaban J connectivity index is 1.61. The second-order valence-corrected chi connectivity index (χ2v) is 5.64. The zero-order valence-electron chi connectivity index (χ0n) is 13.7. The molecule has 0 bridgehead atoms. The van der Waals surface area contributed by atoms with Crippen LogP contribution in [-0.2, 0) is 16.1 Å². The van der Waals surface area contributed by atoms with Crippen LogP contribution >= 0.6 is 0 Å². The Morgan fingerprint density at radius 2 is 1.91 bits per heavy atom. The van der Waals surface area contributed by atoms with E-state index in [0.717, 1.165) is 18.7 Å². The Morgan fingerprint density at radius 3 is 2.57 bits per heavy atom. The predicted octanol–water partition coefficient (Wildman–Crippen LogP) is 1.34. The maximum atomic E-state index is 11.6. The molecular weight excluding hydrogens is 296 g/mol. The lowest BCUT2D eigenvalue weighted by Gasteiger charge is -2.34. The predicted molar refractivity (Wildman–Crippen MR) is 87.1 cm³/mol. The van der Waals surface area contributed by atoms with Gasteiger partial charge < -0.3 is 19.5 Å². The van der Waals surface area contributed by atoms with Gasteiger partial charge in [-0.05, 0) is 12.5 Å². The molecule has 1 N–H and O–H groups in total. The molecule has 0 spiro atoms. The van der Waals surface area contributed by atoms with E-state index in [1.807, 2.05) is 30.3 Å². The van der Waals surface area contributed by atoms with Gasteiger partial charge in [-0.15, -0.1) is 0 Å². The van der Waals surface area contributed by atoms with E-state index in [9.17, 15) is 9.90 Å². The maximum absolute atomic E-state index is 11.6. The maximum Gasteiger partial charge on any atom is 0.409 e. The van der Waals surface area contributed by atoms with Crippen LogP contribution in [0.3, 0.4) is 0 Å². The average Bonchev–Trinajstić information content (AvgIpc) is 2.57. The van der Waals surface area contributed by atoms with Gasteiger partial charge in [0.05, 0.1) is 25.9 Å². The van der Waals surface area contributed by atoms with Gasteiger partial charge in [-0.3, -0.25) is 4.90 Å². The van der Waals surface area contributed by atoms with Crippen LogP contribution in [0, 0.1) is 0 Å². The standard InChI is InChI=1S/C17H26N2O4/c1-2-23-17(21)19-10-8-18(9-11-19)12-16(20)14-22-13-15-6-4-3-5-7-15/h3-7,16,20H,2,8-14H2,1H3/t16-/m1/s1. The first-order valence-corrected chi connectivity index (χ1v) is 8.13. The second-order valence-electron chi connectivity index (χ2n) is 5.64. The Hall–Kier alpha value is -1.63. The third-order valence-electron chi connectivity index (χ3n) is 3.79. The molecule has 1 aliphatic rings. The van der Waals surface area contributed by atoms with Gasteiger partial charge in [0, 0.05) is 32.7 Å². The summed E-state index contributed by atoms with van der Waals surface area (Å²) in [5.74, 6) is 0. The Bertz CT molecular complexity index is 461. The summed E-state index contributed by atoms with van der Waals surface area (Å²) in [6.07, 6.45) is -0.772. The highest BCUT2D eigenvalue weighted by Gasteiger charge is 2.23. The van der Waals surface area contributed by atoms with Crippen LogP contribution in [0.25, 0.3) is 0 Å². The quantitative estimate of drug-likeness (QED) is 0.821. The van der Waals surface area contributed by atoms with Crippen molar-refractivity contribution in [2.75, 3.05) is 45.9 Å². The lowest BCUT2D eigenvalue weighted by atomic mass is 10.2. The number of hydrogen-bond donors (Lipinski definition) is 1. The minimum absolute atomic E-state index is 0.251. The van der Waals surface area contributed by atoms with Crippen LogP contribution in [0.15, 0.2) is 30.3 Å². The number of carbonyl (C=O) groups is 1. The molecule has 0 aromatic heterocycles. The second kappa shape index (κ2) is 9.50. The molecule has 1 fully saturated rings. The van der Waals surface area contributed by atoms with E-state index in [1.54, 1.807) is 11.8 Å². The normalized spacial score (nSPS) is 17.0. The lowest BCUT2D eigenvalue weighted by molar-refractivity contribution is 0.00120. The van der Waals surface area contributed by atoms with Crippen molar-refractivity contribution >= 4 is 6.09 Å². The van der Waals surface area contributed by atoms with Gasteiger partial charge in [-0.1, -0.05) is 30.3 Å². The highest BCUT2D eigenvalue weighted by atomic mass is 16.6. The lowest BCUT2D eigenvalue weighted by Crippen LogP contribution is -2.50. The molecule has 0 saturated carbocycles. The third kappa shape index (κ3) is 6.17. The summed E-state index contributed by atoms with van der Waals surface area (Å²) < 4.78 is 10.5. The van der Waals surface area contributed by atoms with E-state index < -0.39 is 6.10 Å². The summed E-state index contributed by atoms with van der Waals surface area (Å²) in [5, 5.41) is 10.1. The number of aliphatic hydroxyl groups is 1. The number of benzene rings is 1. The van der Waals surface area contributed by atoms with Crippen molar-refractivity contribution in [3.05, 3.63) is 35.9 Å². The molecule has 1 aromatic carbocycles. The van der Waals surface area contributed by atoms with E-state index in [2.05, 4.69) is 4.90 Å². The molecule has 6 nitrogen and oxygen atoms in total. The number of carbonyl (C=O) groups excluding carboxylic acids is 1. The number of nitrogens with zero attached hydrogens (tertiary/aromatic N) is 2. The molecule has 128 valence electrons. The number of amides is 1. The molecule has 2 rings (SSSR count). The summed E-state index contributed by atoms with van der Waals surface area (Å²) in [6, 6.07) is 9.91. The van der Waals surface area contributed by atoms with Crippen LogP contribution in [0.4, 0.5) is 4.79 Å². The van der Waals surface area contributed by atoms with Gasteiger partial charge in [0.25, 0.3) is 0 Å². The number of hydrogen-bond acceptors (Lipinski definition) is 5. The SMILES string of the molecule is CCOC(=O)N1CCN(C[C@@H](O)COCc2ccccc2)CC1. The average molecular weight is 322 g/mol. The molecule has 1 aromatic rings. The molecule has 6 heteroatoms. The third-order valence-corrected chi connectivity index (χ3v) is 3.79. The van der Waals surface area contributed by atoms with Crippen LogP contribution in [0.5, 0.6) is 0 Å². The molecular formula is C17H26N2O4. The first-order valence-electron chi connectivity index (χ1n) is 8.13. The number of aliphatic hydroxyl groups excluding tert-OH is 1. The minimum atomic E-state index is -0.521. The Kier molecular flexibility index (Phi) is 7.32. The minimum Gasteiger partial charge on any atom is -0.450 e. The summed E-state index contributed by atoms with van der Waals surface area (Å²) in [5.41, 5.74) is 1.10. The molecule has 23 heavy (non-hydrogen) atoms. The van der Waals surface area contributed by atoms with E-state index in [1.165, 1.54) is 0 Å². The Labute approximate surface area is 137 Å². The number of rotatable bonds is 7. The van der Waals surface area contributed by atoms with Crippen molar-refractivity contribution in [3.8, 4) is 0 Å². The largest absolute Gasteiger partial charge is 0.450 e. The fourth-order valence-electron chi connectivity index (χ4n) is 2.57. The van der Waals surface area contributed by atoms with E-state index in [4.69, 9.17) is 9.47 Å². The molecule has 0 unspecified atom stereocenters. The summed E-state index contributed by atoms with van der Waals surface area (Å²) in [4.78, 5) is 15.5. The zero-order chi connectivity index (χ0) is 16.5. The molecule has 1 aliphatic heterocycles. The van der Waals surface area contributed by atoms with Crippen molar-refractivity contribution < 1.29 is 19.4 Å². The van der Waals surface area contributed by atoms with Gasteiger partial charge in [0.15, 0.2) is 0 Å². The fraction of sp³-hybridized carbons (Fsp3) is 0.588. The van der Waals surface area contributed by atoms with Crippen molar-refractivity contribution in [2.24, 2.45) is 0 Å².